The van der Waals surface area contributed by atoms with Crippen LogP contribution in [0.25, 0.3) is 27.6 Å². The van der Waals surface area contributed by atoms with Crippen LogP contribution in [0.2, 0.25) is 0 Å². The molecule has 0 spiro atoms. The first-order valence-corrected chi connectivity index (χ1v) is 7.29. The largest absolute Gasteiger partial charge is 0.256 e. The SMILES string of the molecule is C=C(C)c1cnc2cc(C)ccc2c1-c1ccc(F)c(C)c1. The van der Waals surface area contributed by atoms with Gasteiger partial charge in [-0.3, -0.25) is 4.98 Å². The van der Waals surface area contributed by atoms with E-state index in [1.807, 2.05) is 25.3 Å². The molecule has 1 aromatic heterocycles. The predicted molar refractivity (Wildman–Crippen MR) is 91.3 cm³/mol. The van der Waals surface area contributed by atoms with Crippen molar-refractivity contribution in [1.29, 1.82) is 0 Å². The summed E-state index contributed by atoms with van der Waals surface area (Å²) in [6.07, 6.45) is 1.86. The van der Waals surface area contributed by atoms with Crippen LogP contribution in [0.3, 0.4) is 0 Å². The standard InChI is InChI=1S/C20H18FN/c1-12(2)17-11-22-19-9-13(3)5-7-16(19)20(17)15-6-8-18(21)14(4)10-15/h5-11H,1H2,2-4H3. The van der Waals surface area contributed by atoms with Crippen molar-refractivity contribution in [3.05, 3.63) is 71.7 Å². The van der Waals surface area contributed by atoms with Gasteiger partial charge >= 0.3 is 0 Å². The summed E-state index contributed by atoms with van der Waals surface area (Å²) < 4.78 is 13.6. The minimum absolute atomic E-state index is 0.185. The fourth-order valence-electron chi connectivity index (χ4n) is 2.74. The minimum Gasteiger partial charge on any atom is -0.256 e. The molecule has 2 aromatic carbocycles. The van der Waals surface area contributed by atoms with Gasteiger partial charge in [-0.25, -0.2) is 4.39 Å². The molecule has 110 valence electrons. The third kappa shape index (κ3) is 2.41. The van der Waals surface area contributed by atoms with Gasteiger partial charge in [0.25, 0.3) is 0 Å². The zero-order valence-corrected chi connectivity index (χ0v) is 13.1. The van der Waals surface area contributed by atoms with Gasteiger partial charge in [-0.1, -0.05) is 24.8 Å². The van der Waals surface area contributed by atoms with Crippen LogP contribution >= 0.6 is 0 Å². The van der Waals surface area contributed by atoms with E-state index in [4.69, 9.17) is 0 Å². The number of aryl methyl sites for hydroxylation is 2. The number of pyridine rings is 1. The van der Waals surface area contributed by atoms with Crippen LogP contribution in [0, 0.1) is 19.7 Å². The van der Waals surface area contributed by atoms with E-state index in [2.05, 4.69) is 36.7 Å². The Morgan fingerprint density at radius 3 is 2.55 bits per heavy atom. The van der Waals surface area contributed by atoms with Crippen molar-refractivity contribution < 1.29 is 4.39 Å². The number of aromatic nitrogens is 1. The van der Waals surface area contributed by atoms with Crippen LogP contribution < -0.4 is 0 Å². The highest BCUT2D eigenvalue weighted by Crippen LogP contribution is 2.35. The van der Waals surface area contributed by atoms with Crippen molar-refractivity contribution in [3.63, 3.8) is 0 Å². The number of hydrogen-bond donors (Lipinski definition) is 0. The van der Waals surface area contributed by atoms with Gasteiger partial charge in [-0.05, 0) is 61.2 Å². The summed E-state index contributed by atoms with van der Waals surface area (Å²) >= 11 is 0. The van der Waals surface area contributed by atoms with E-state index >= 15 is 0 Å². The van der Waals surface area contributed by atoms with Crippen LogP contribution in [0.1, 0.15) is 23.6 Å². The molecule has 2 heteroatoms. The Kier molecular flexibility index (Phi) is 3.53. The Hall–Kier alpha value is -2.48. The quantitative estimate of drug-likeness (QED) is 0.591. The molecule has 0 unspecified atom stereocenters. The number of benzene rings is 2. The molecule has 3 rings (SSSR count). The van der Waals surface area contributed by atoms with Gasteiger partial charge in [0.05, 0.1) is 5.52 Å². The first-order chi connectivity index (χ1) is 10.5. The second-order valence-corrected chi connectivity index (χ2v) is 5.81. The Morgan fingerprint density at radius 1 is 1.09 bits per heavy atom. The van der Waals surface area contributed by atoms with E-state index in [0.717, 1.165) is 33.2 Å². The molecular formula is C20H18FN. The molecule has 0 radical (unpaired) electrons. The Balaban J connectivity index is 2.40. The van der Waals surface area contributed by atoms with Gasteiger partial charge in [0.15, 0.2) is 0 Å². The van der Waals surface area contributed by atoms with Crippen molar-refractivity contribution in [3.8, 4) is 11.1 Å². The molecule has 1 heterocycles. The van der Waals surface area contributed by atoms with Crippen molar-refractivity contribution in [2.24, 2.45) is 0 Å². The van der Waals surface area contributed by atoms with Crippen LogP contribution in [0.5, 0.6) is 0 Å². The van der Waals surface area contributed by atoms with Crippen LogP contribution in [0.15, 0.2) is 49.2 Å². The molecule has 0 N–H and O–H groups in total. The lowest BCUT2D eigenvalue weighted by molar-refractivity contribution is 0.619. The molecular weight excluding hydrogens is 273 g/mol. The average molecular weight is 291 g/mol. The van der Waals surface area contributed by atoms with Gasteiger partial charge in [-0.2, -0.15) is 0 Å². The summed E-state index contributed by atoms with van der Waals surface area (Å²) in [5, 5.41) is 1.07. The molecule has 0 aliphatic heterocycles. The minimum atomic E-state index is -0.185. The molecule has 0 saturated heterocycles. The highest BCUT2D eigenvalue weighted by atomic mass is 19.1. The van der Waals surface area contributed by atoms with E-state index in [1.165, 1.54) is 11.6 Å². The molecule has 3 aromatic rings. The topological polar surface area (TPSA) is 12.9 Å². The maximum absolute atomic E-state index is 13.6. The van der Waals surface area contributed by atoms with Crippen molar-refractivity contribution >= 4 is 16.5 Å². The zero-order valence-electron chi connectivity index (χ0n) is 13.1. The maximum Gasteiger partial charge on any atom is 0.126 e. The lowest BCUT2D eigenvalue weighted by Gasteiger charge is -2.14. The fraction of sp³-hybridized carbons (Fsp3) is 0.150. The van der Waals surface area contributed by atoms with E-state index in [1.54, 1.807) is 6.92 Å². The summed E-state index contributed by atoms with van der Waals surface area (Å²) in [5.41, 5.74) is 6.77. The Morgan fingerprint density at radius 2 is 1.86 bits per heavy atom. The van der Waals surface area contributed by atoms with Gasteiger partial charge in [0, 0.05) is 22.7 Å². The van der Waals surface area contributed by atoms with Gasteiger partial charge in [-0.15, -0.1) is 0 Å². The third-order valence-corrected chi connectivity index (χ3v) is 3.93. The number of rotatable bonds is 2. The third-order valence-electron chi connectivity index (χ3n) is 3.93. The number of allylic oxidation sites excluding steroid dienone is 1. The summed E-state index contributed by atoms with van der Waals surface area (Å²) in [7, 11) is 0. The maximum atomic E-state index is 13.6. The summed E-state index contributed by atoms with van der Waals surface area (Å²) in [5.74, 6) is -0.185. The first kappa shape index (κ1) is 14.5. The average Bonchev–Trinajstić information content (AvgIpc) is 2.48. The molecule has 1 nitrogen and oxygen atoms in total. The summed E-state index contributed by atoms with van der Waals surface area (Å²) in [4.78, 5) is 4.55. The smallest absolute Gasteiger partial charge is 0.126 e. The number of fused-ring (bicyclic) bond motifs is 1. The summed E-state index contributed by atoms with van der Waals surface area (Å²) in [6.45, 7) is 9.87. The van der Waals surface area contributed by atoms with Gasteiger partial charge in [0.1, 0.15) is 5.82 Å². The number of hydrogen-bond acceptors (Lipinski definition) is 1. The van der Waals surface area contributed by atoms with Gasteiger partial charge < -0.3 is 0 Å². The summed E-state index contributed by atoms with van der Waals surface area (Å²) in [6, 6.07) is 11.5. The second kappa shape index (κ2) is 5.38. The van der Waals surface area contributed by atoms with Crippen molar-refractivity contribution in [1.82, 2.24) is 4.98 Å². The molecule has 0 atom stereocenters. The molecule has 0 saturated carbocycles. The van der Waals surface area contributed by atoms with Gasteiger partial charge in [0.2, 0.25) is 0 Å². The monoisotopic (exact) mass is 291 g/mol. The lowest BCUT2D eigenvalue weighted by Crippen LogP contribution is -1.94. The van der Waals surface area contributed by atoms with Crippen molar-refractivity contribution in [2.45, 2.75) is 20.8 Å². The normalized spacial score (nSPS) is 10.9. The highest BCUT2D eigenvalue weighted by molar-refractivity contribution is 6.00. The molecule has 22 heavy (non-hydrogen) atoms. The molecule has 0 amide bonds. The molecule has 0 aliphatic carbocycles. The lowest BCUT2D eigenvalue weighted by atomic mass is 9.92. The van der Waals surface area contributed by atoms with E-state index < -0.39 is 0 Å². The molecule has 0 bridgehead atoms. The Bertz CT molecular complexity index is 894. The fourth-order valence-corrected chi connectivity index (χ4v) is 2.74. The van der Waals surface area contributed by atoms with Crippen molar-refractivity contribution in [2.75, 3.05) is 0 Å². The molecule has 0 aliphatic rings. The van der Waals surface area contributed by atoms with E-state index in [-0.39, 0.29) is 5.82 Å². The van der Waals surface area contributed by atoms with E-state index in [0.29, 0.717) is 5.56 Å². The van der Waals surface area contributed by atoms with Crippen LogP contribution in [-0.2, 0) is 0 Å². The van der Waals surface area contributed by atoms with Crippen LogP contribution in [0.4, 0.5) is 4.39 Å². The predicted octanol–water partition coefficient (Wildman–Crippen LogP) is 5.69. The number of nitrogens with zero attached hydrogens (tertiary/aromatic N) is 1. The first-order valence-electron chi connectivity index (χ1n) is 7.29. The van der Waals surface area contributed by atoms with E-state index in [9.17, 15) is 4.39 Å². The van der Waals surface area contributed by atoms with Crippen LogP contribution in [-0.4, -0.2) is 4.98 Å². The molecule has 0 fully saturated rings. The zero-order chi connectivity index (χ0) is 15.9. The number of halogens is 1. The Labute approximate surface area is 130 Å². The highest BCUT2D eigenvalue weighted by Gasteiger charge is 2.13. The second-order valence-electron chi connectivity index (χ2n) is 5.81.